The number of ether oxygens (including phenoxy) is 2. The van der Waals surface area contributed by atoms with Crippen molar-refractivity contribution >= 4 is 16.9 Å². The molecule has 0 aromatic heterocycles. The largest absolute Gasteiger partial charge is 0.497 e. The van der Waals surface area contributed by atoms with Gasteiger partial charge in [0, 0.05) is 33.1 Å². The lowest BCUT2D eigenvalue weighted by atomic mass is 10.00. The highest BCUT2D eigenvalue weighted by Crippen LogP contribution is 2.26. The molecule has 0 saturated heterocycles. The van der Waals surface area contributed by atoms with Crippen LogP contribution in [0, 0.1) is 13.8 Å². The monoisotopic (exact) mass is 473 g/mol. The zero-order valence-corrected chi connectivity index (χ0v) is 21.1. The summed E-state index contributed by atoms with van der Waals surface area (Å²) in [6.45, 7) is 7.09. The first kappa shape index (κ1) is 25.2. The van der Waals surface area contributed by atoms with Crippen LogP contribution in [0.1, 0.15) is 28.7 Å². The fourth-order valence-corrected chi connectivity index (χ4v) is 5.25. The van der Waals surface area contributed by atoms with E-state index in [4.69, 9.17) is 9.47 Å². The molecule has 1 N–H and O–H groups in total. The highest BCUT2D eigenvalue weighted by atomic mass is 32.2. The fourth-order valence-electron chi connectivity index (χ4n) is 4.01. The molecule has 1 atom stereocenters. The van der Waals surface area contributed by atoms with E-state index in [1.54, 1.807) is 18.5 Å². The number of hydrogen-bond donors (Lipinski definition) is 1. The molecule has 7 nitrogen and oxygen atoms in total. The number of aryl methyl sites for hydroxylation is 2. The van der Waals surface area contributed by atoms with Crippen LogP contribution in [-0.2, 0) is 28.7 Å². The van der Waals surface area contributed by atoms with Gasteiger partial charge in [-0.15, -0.1) is 0 Å². The molecule has 1 unspecified atom stereocenters. The van der Waals surface area contributed by atoms with Crippen molar-refractivity contribution < 1.29 is 18.5 Å². The van der Waals surface area contributed by atoms with Gasteiger partial charge in [0.2, 0.25) is 5.91 Å². The molecule has 33 heavy (non-hydrogen) atoms. The smallest absolute Gasteiger partial charge is 0.221 e. The fraction of sp³-hybridized carbons (Fsp3) is 0.480. The van der Waals surface area contributed by atoms with Crippen LogP contribution in [0.5, 0.6) is 11.5 Å². The minimum atomic E-state index is -1.34. The predicted octanol–water partition coefficient (Wildman–Crippen LogP) is 2.84. The van der Waals surface area contributed by atoms with Gasteiger partial charge in [-0.2, -0.15) is 0 Å². The molecule has 1 aliphatic rings. The summed E-state index contributed by atoms with van der Waals surface area (Å²) in [4.78, 5) is 15.3. The Morgan fingerprint density at radius 1 is 1.15 bits per heavy atom. The maximum atomic E-state index is 13.0. The molecule has 0 saturated carbocycles. The Morgan fingerprint density at radius 2 is 1.88 bits per heavy atom. The second-order valence-electron chi connectivity index (χ2n) is 8.56. The molecule has 0 bridgehead atoms. The number of hydrogen-bond acceptors (Lipinski definition) is 5. The average Bonchev–Trinajstić information content (AvgIpc) is 2.79. The van der Waals surface area contributed by atoms with Crippen molar-refractivity contribution in [3.05, 3.63) is 52.6 Å². The molecule has 2 aromatic carbocycles. The van der Waals surface area contributed by atoms with Crippen molar-refractivity contribution in [1.29, 1.82) is 0 Å². The lowest BCUT2D eigenvalue weighted by Crippen LogP contribution is -2.32. The van der Waals surface area contributed by atoms with Gasteiger partial charge in [0.1, 0.15) is 29.1 Å². The number of nitrogens with one attached hydrogen (secondary N) is 1. The lowest BCUT2D eigenvalue weighted by Gasteiger charge is -2.25. The van der Waals surface area contributed by atoms with Crippen molar-refractivity contribution in [2.45, 2.75) is 38.1 Å². The molecule has 1 heterocycles. The van der Waals surface area contributed by atoms with E-state index in [0.717, 1.165) is 47.0 Å². The summed E-state index contributed by atoms with van der Waals surface area (Å²) >= 11 is 0. The molecule has 1 amide bonds. The van der Waals surface area contributed by atoms with Gasteiger partial charge in [0.05, 0.1) is 18.6 Å². The summed E-state index contributed by atoms with van der Waals surface area (Å²) in [6, 6.07) is 9.99. The molecular weight excluding hydrogens is 438 g/mol. The first-order chi connectivity index (χ1) is 15.8. The molecule has 0 spiro atoms. The van der Waals surface area contributed by atoms with E-state index >= 15 is 0 Å². The summed E-state index contributed by atoms with van der Waals surface area (Å²) < 4.78 is 25.8. The predicted molar refractivity (Wildman–Crippen MR) is 131 cm³/mol. The summed E-state index contributed by atoms with van der Waals surface area (Å²) in [5.41, 5.74) is 4.51. The standard InChI is InChI=1S/C25H35N3O4S/c1-18-14-23(31-5)15-19(2)25(18)33(30)28(4)12-9-24(29)26-10-13-32-22-7-6-20-8-11-27(3)17-21(20)16-22/h6-7,14-16H,8-13,17H2,1-5H3,(H,26,29). The summed E-state index contributed by atoms with van der Waals surface area (Å²) in [5.74, 6) is 1.49. The highest BCUT2D eigenvalue weighted by Gasteiger charge is 2.18. The molecule has 8 heteroatoms. The van der Waals surface area contributed by atoms with E-state index in [0.29, 0.717) is 19.7 Å². The molecule has 0 aliphatic carbocycles. The Kier molecular flexibility index (Phi) is 8.88. The first-order valence-corrected chi connectivity index (χ1v) is 12.4. The van der Waals surface area contributed by atoms with E-state index in [-0.39, 0.29) is 12.3 Å². The minimum absolute atomic E-state index is 0.0855. The Balaban J connectivity index is 1.41. The number of amides is 1. The highest BCUT2D eigenvalue weighted by molar-refractivity contribution is 7.82. The molecular formula is C25H35N3O4S. The number of methoxy groups -OCH3 is 1. The van der Waals surface area contributed by atoms with Gasteiger partial charge in [0.15, 0.2) is 0 Å². The summed E-state index contributed by atoms with van der Waals surface area (Å²) in [6.07, 6.45) is 1.33. The van der Waals surface area contributed by atoms with Crippen molar-refractivity contribution in [3.8, 4) is 11.5 Å². The number of likely N-dealkylation sites (N-methyl/N-ethyl adjacent to an activating group) is 1. The number of carbonyl (C=O) groups is 1. The lowest BCUT2D eigenvalue weighted by molar-refractivity contribution is -0.121. The number of benzene rings is 2. The number of nitrogens with zero attached hydrogens (tertiary/aromatic N) is 2. The van der Waals surface area contributed by atoms with Crippen LogP contribution in [0.25, 0.3) is 0 Å². The number of carbonyl (C=O) groups excluding carboxylic acids is 1. The number of fused-ring (bicyclic) bond motifs is 1. The van der Waals surface area contributed by atoms with Crippen LogP contribution < -0.4 is 14.8 Å². The second-order valence-corrected chi connectivity index (χ2v) is 10.1. The number of rotatable bonds is 10. The maximum Gasteiger partial charge on any atom is 0.221 e. The van der Waals surface area contributed by atoms with Crippen LogP contribution in [0.3, 0.4) is 0 Å². The van der Waals surface area contributed by atoms with Crippen LogP contribution in [0.15, 0.2) is 35.2 Å². The van der Waals surface area contributed by atoms with Gasteiger partial charge >= 0.3 is 0 Å². The molecule has 0 fully saturated rings. The summed E-state index contributed by atoms with van der Waals surface area (Å²) in [7, 11) is 4.16. The van der Waals surface area contributed by atoms with Crippen molar-refractivity contribution in [2.24, 2.45) is 0 Å². The first-order valence-electron chi connectivity index (χ1n) is 11.3. The summed E-state index contributed by atoms with van der Waals surface area (Å²) in [5, 5.41) is 2.88. The van der Waals surface area contributed by atoms with Crippen LogP contribution in [0.2, 0.25) is 0 Å². The zero-order valence-electron chi connectivity index (χ0n) is 20.3. The minimum Gasteiger partial charge on any atom is -0.497 e. The topological polar surface area (TPSA) is 71.1 Å². The van der Waals surface area contributed by atoms with Gasteiger partial charge in [-0.1, -0.05) is 6.07 Å². The van der Waals surface area contributed by atoms with Gasteiger partial charge in [-0.25, -0.2) is 8.51 Å². The Hall–Kier alpha value is -2.42. The van der Waals surface area contributed by atoms with Crippen LogP contribution in [0.4, 0.5) is 0 Å². The van der Waals surface area contributed by atoms with Gasteiger partial charge in [-0.05, 0) is 73.8 Å². The average molecular weight is 474 g/mol. The van der Waals surface area contributed by atoms with Crippen LogP contribution in [-0.4, -0.2) is 66.8 Å². The van der Waals surface area contributed by atoms with E-state index in [9.17, 15) is 9.00 Å². The SMILES string of the molecule is COc1cc(C)c(S(=O)N(C)CCC(=O)NCCOc2ccc3c(c2)CN(C)CC3)c(C)c1. The zero-order chi connectivity index (χ0) is 24.0. The third-order valence-electron chi connectivity index (χ3n) is 5.85. The molecule has 2 aromatic rings. The Bertz CT molecular complexity index is 988. The molecule has 180 valence electrons. The molecule has 1 aliphatic heterocycles. The van der Waals surface area contributed by atoms with Crippen molar-refractivity contribution in [1.82, 2.24) is 14.5 Å². The Labute approximate surface area is 199 Å². The molecule has 3 rings (SSSR count). The quantitative estimate of drug-likeness (QED) is 0.538. The van der Waals surface area contributed by atoms with E-state index in [1.165, 1.54) is 11.1 Å². The van der Waals surface area contributed by atoms with Crippen molar-refractivity contribution in [2.75, 3.05) is 47.4 Å². The third-order valence-corrected chi connectivity index (χ3v) is 7.60. The third kappa shape index (κ3) is 6.79. The van der Waals surface area contributed by atoms with E-state index in [1.807, 2.05) is 32.0 Å². The van der Waals surface area contributed by atoms with Gasteiger partial charge in [-0.3, -0.25) is 4.79 Å². The van der Waals surface area contributed by atoms with E-state index < -0.39 is 11.0 Å². The van der Waals surface area contributed by atoms with Crippen LogP contribution >= 0.6 is 0 Å². The Morgan fingerprint density at radius 3 is 2.58 bits per heavy atom. The second kappa shape index (κ2) is 11.6. The van der Waals surface area contributed by atoms with Gasteiger partial charge < -0.3 is 19.7 Å². The van der Waals surface area contributed by atoms with E-state index in [2.05, 4.69) is 29.4 Å². The van der Waals surface area contributed by atoms with Gasteiger partial charge in [0.25, 0.3) is 0 Å². The normalized spacial score (nSPS) is 14.6. The molecule has 0 radical (unpaired) electrons. The maximum absolute atomic E-state index is 13.0. The van der Waals surface area contributed by atoms with Crippen molar-refractivity contribution in [3.63, 3.8) is 0 Å².